The summed E-state index contributed by atoms with van der Waals surface area (Å²) in [5, 5.41) is 12.5. The Balaban J connectivity index is 1.56. The average Bonchev–Trinajstić information content (AvgIpc) is 3.38. The highest BCUT2D eigenvalue weighted by molar-refractivity contribution is 7.17. The number of carbonyl (C=O) groups is 1. The number of nitrogens with one attached hydrogen (secondary N) is 2. The van der Waals surface area contributed by atoms with Crippen LogP contribution in [0.25, 0.3) is 27.7 Å². The van der Waals surface area contributed by atoms with Crippen LogP contribution in [0.15, 0.2) is 47.9 Å². The van der Waals surface area contributed by atoms with Crippen LogP contribution in [0.1, 0.15) is 41.4 Å². The summed E-state index contributed by atoms with van der Waals surface area (Å²) >= 11 is 1.60. The van der Waals surface area contributed by atoms with Gasteiger partial charge in [0.05, 0.1) is 27.5 Å². The number of nitrogen functional groups attached to an aromatic ring is 1. The number of amides is 1. The van der Waals surface area contributed by atoms with Crippen LogP contribution in [0, 0.1) is 11.8 Å². The molecule has 0 fully saturated rings. The highest BCUT2D eigenvalue weighted by Gasteiger charge is 2.25. The van der Waals surface area contributed by atoms with Crippen molar-refractivity contribution in [1.82, 2.24) is 20.1 Å². The summed E-state index contributed by atoms with van der Waals surface area (Å²) in [4.78, 5) is 18.2. The smallest absolute Gasteiger partial charge is 0.259 e. The molecule has 5 rings (SSSR count). The first kappa shape index (κ1) is 20.8. The average molecular weight is 455 g/mol. The summed E-state index contributed by atoms with van der Waals surface area (Å²) in [5.41, 5.74) is 10.9. The van der Waals surface area contributed by atoms with Crippen molar-refractivity contribution < 1.29 is 4.79 Å². The Hall–Kier alpha value is -4.09. The Morgan fingerprint density at radius 3 is 2.94 bits per heavy atom. The number of aromatic nitrogens is 3. The normalized spacial score (nSPS) is 13.0. The van der Waals surface area contributed by atoms with Crippen LogP contribution in [0.3, 0.4) is 0 Å². The predicted molar refractivity (Wildman–Crippen MR) is 134 cm³/mol. The maximum absolute atomic E-state index is 13.2. The number of benzene rings is 1. The van der Waals surface area contributed by atoms with Gasteiger partial charge >= 0.3 is 0 Å². The van der Waals surface area contributed by atoms with Crippen LogP contribution in [-0.2, 0) is 0 Å². The second kappa shape index (κ2) is 8.45. The van der Waals surface area contributed by atoms with Crippen LogP contribution >= 0.6 is 11.3 Å². The zero-order valence-corrected chi connectivity index (χ0v) is 19.0. The molecule has 33 heavy (non-hydrogen) atoms. The Labute approximate surface area is 195 Å². The number of carbonyl (C=O) groups excluding carboxylic acids is 1. The molecule has 7 nitrogen and oxygen atoms in total. The summed E-state index contributed by atoms with van der Waals surface area (Å²) in [7, 11) is 0. The number of nitrogens with two attached hydrogens (primary N) is 1. The van der Waals surface area contributed by atoms with Crippen LogP contribution in [0.2, 0.25) is 0 Å². The number of anilines is 2. The zero-order valence-electron chi connectivity index (χ0n) is 18.2. The number of hydrogen-bond acceptors (Lipinski definition) is 6. The van der Waals surface area contributed by atoms with Gasteiger partial charge in [0.25, 0.3) is 5.91 Å². The van der Waals surface area contributed by atoms with Crippen molar-refractivity contribution in [2.45, 2.75) is 19.9 Å². The largest absolute Gasteiger partial charge is 0.381 e. The molecule has 4 aromatic rings. The summed E-state index contributed by atoms with van der Waals surface area (Å²) < 4.78 is 2.61. The highest BCUT2D eigenvalue weighted by atomic mass is 32.1. The van der Waals surface area contributed by atoms with E-state index in [9.17, 15) is 4.79 Å². The number of thiophene rings is 1. The third kappa shape index (κ3) is 3.73. The van der Waals surface area contributed by atoms with E-state index in [0.717, 1.165) is 32.6 Å². The van der Waals surface area contributed by atoms with Gasteiger partial charge in [-0.1, -0.05) is 36.3 Å². The Bertz CT molecular complexity index is 1460. The van der Waals surface area contributed by atoms with Gasteiger partial charge in [-0.15, -0.1) is 22.4 Å². The summed E-state index contributed by atoms with van der Waals surface area (Å²) in [6.07, 6.45) is 3.70. The molecule has 0 saturated heterocycles. The maximum Gasteiger partial charge on any atom is 0.259 e. The van der Waals surface area contributed by atoms with Crippen molar-refractivity contribution in [3.05, 3.63) is 64.5 Å². The number of rotatable bonds is 4. The molecule has 1 aliphatic heterocycles. The number of pyridine rings is 1. The number of hydrogen-bond donors (Lipinski definition) is 3. The van der Waals surface area contributed by atoms with Gasteiger partial charge in [0.2, 0.25) is 0 Å². The molecule has 4 heterocycles. The summed E-state index contributed by atoms with van der Waals surface area (Å²) in [6.45, 7) is 4.38. The topological polar surface area (TPSA) is 97.9 Å². The fourth-order valence-electron chi connectivity index (χ4n) is 3.96. The maximum atomic E-state index is 13.2. The minimum atomic E-state index is -0.318. The minimum Gasteiger partial charge on any atom is -0.381 e. The minimum absolute atomic E-state index is 0.187. The summed E-state index contributed by atoms with van der Waals surface area (Å²) in [5.74, 6) is 6.59. The molecule has 1 atom stereocenters. The van der Waals surface area contributed by atoms with Gasteiger partial charge in [-0.05, 0) is 26.0 Å². The van der Waals surface area contributed by atoms with Gasteiger partial charge in [0.1, 0.15) is 11.4 Å². The first-order valence-electron chi connectivity index (χ1n) is 10.6. The molecule has 1 unspecified atom stereocenters. The van der Waals surface area contributed by atoms with Crippen LogP contribution in [0.5, 0.6) is 0 Å². The molecule has 0 radical (unpaired) electrons. The van der Waals surface area contributed by atoms with Crippen molar-refractivity contribution in [3.63, 3.8) is 0 Å². The van der Waals surface area contributed by atoms with Crippen molar-refractivity contribution in [3.8, 4) is 23.1 Å². The second-order valence-electron chi connectivity index (χ2n) is 7.68. The van der Waals surface area contributed by atoms with Gasteiger partial charge in [-0.25, -0.2) is 9.67 Å². The van der Waals surface area contributed by atoms with E-state index >= 15 is 0 Å². The van der Waals surface area contributed by atoms with Crippen molar-refractivity contribution in [1.29, 1.82) is 0 Å². The molecule has 164 valence electrons. The molecular weight excluding hydrogens is 432 g/mol. The number of fused-ring (bicyclic) bond motifs is 2. The fraction of sp³-hybridized carbons (Fsp3) is 0.160. The van der Waals surface area contributed by atoms with E-state index in [4.69, 9.17) is 10.7 Å². The lowest BCUT2D eigenvalue weighted by Crippen LogP contribution is -2.28. The molecule has 0 saturated carbocycles. The van der Waals surface area contributed by atoms with Crippen LogP contribution in [-0.4, -0.2) is 27.2 Å². The van der Waals surface area contributed by atoms with E-state index in [1.807, 2.05) is 55.6 Å². The predicted octanol–water partition coefficient (Wildman–Crippen LogP) is 4.50. The zero-order chi connectivity index (χ0) is 22.9. The van der Waals surface area contributed by atoms with Crippen molar-refractivity contribution in [2.75, 3.05) is 17.6 Å². The summed E-state index contributed by atoms with van der Waals surface area (Å²) in [6, 6.07) is 11.7. The molecule has 4 N–H and O–H groups in total. The molecule has 1 amide bonds. The van der Waals surface area contributed by atoms with Gasteiger partial charge in [0, 0.05) is 29.3 Å². The Morgan fingerprint density at radius 1 is 1.33 bits per heavy atom. The van der Waals surface area contributed by atoms with Gasteiger partial charge in [-0.3, -0.25) is 4.79 Å². The molecule has 0 aliphatic carbocycles. The van der Waals surface area contributed by atoms with Gasteiger partial charge in [0.15, 0.2) is 5.82 Å². The van der Waals surface area contributed by atoms with Crippen molar-refractivity contribution in [2.24, 2.45) is 0 Å². The Kier molecular flexibility index (Phi) is 5.32. The molecule has 3 aromatic heterocycles. The number of nitrogens with zero attached hydrogens (tertiary/aromatic N) is 3. The van der Waals surface area contributed by atoms with E-state index in [-0.39, 0.29) is 17.8 Å². The first-order valence-corrected chi connectivity index (χ1v) is 11.4. The lowest BCUT2D eigenvalue weighted by molar-refractivity contribution is 0.0941. The lowest BCUT2D eigenvalue weighted by Gasteiger charge is -2.19. The van der Waals surface area contributed by atoms with E-state index in [0.29, 0.717) is 17.9 Å². The van der Waals surface area contributed by atoms with Gasteiger partial charge in [-0.2, -0.15) is 0 Å². The second-order valence-corrected chi connectivity index (χ2v) is 8.59. The highest BCUT2D eigenvalue weighted by Crippen LogP contribution is 2.34. The van der Waals surface area contributed by atoms with Crippen molar-refractivity contribution >= 4 is 45.3 Å². The molecule has 0 bridgehead atoms. The molecule has 0 spiro atoms. The SMILES string of the molecule is CC#Cc1csc2cc(C(C)NC(=O)c3c(N)nn4c3NCC=C4)c(-c3ccccc3)nc12. The molecule has 1 aromatic carbocycles. The molecular formula is C25H22N6OS. The van der Waals surface area contributed by atoms with Gasteiger partial charge < -0.3 is 16.4 Å². The van der Waals surface area contributed by atoms with Crippen LogP contribution < -0.4 is 16.4 Å². The van der Waals surface area contributed by atoms with E-state index in [1.54, 1.807) is 22.2 Å². The third-order valence-corrected chi connectivity index (χ3v) is 6.41. The third-order valence-electron chi connectivity index (χ3n) is 5.50. The van der Waals surface area contributed by atoms with E-state index in [2.05, 4.69) is 33.6 Å². The van der Waals surface area contributed by atoms with E-state index in [1.165, 1.54) is 0 Å². The first-order chi connectivity index (χ1) is 16.1. The molecule has 8 heteroatoms. The standard InChI is InChI=1S/C25H22N6OS/c1-3-8-17-14-33-19-13-18(21(29-22(17)19)16-9-5-4-6-10-16)15(2)28-25(32)20-23(26)30-31-12-7-11-27-24(20)31/h4-7,9-10,12-15,27H,11H2,1-2H3,(H2,26,30)(H,28,32). The fourth-order valence-corrected chi connectivity index (χ4v) is 4.84. The quantitative estimate of drug-likeness (QED) is 0.395. The lowest BCUT2D eigenvalue weighted by atomic mass is 9.99. The molecule has 1 aliphatic rings. The van der Waals surface area contributed by atoms with Crippen LogP contribution in [0.4, 0.5) is 11.6 Å². The monoisotopic (exact) mass is 454 g/mol. The Morgan fingerprint density at radius 2 is 2.15 bits per heavy atom. The van der Waals surface area contributed by atoms with E-state index < -0.39 is 0 Å².